The third-order valence-electron chi connectivity index (χ3n) is 13.5. The number of nitrogens with zero attached hydrogens (tertiary/aromatic N) is 2. The number of fused-ring (bicyclic) bond motifs is 6. The average molecular weight is 609 g/mol. The summed E-state index contributed by atoms with van der Waals surface area (Å²) in [5.74, 6) is 3.82. The molecule has 47 heavy (non-hydrogen) atoms. The largest absolute Gasteiger partial charge is 0.311 e. The zero-order chi connectivity index (χ0) is 31.2. The Morgan fingerprint density at radius 2 is 1.23 bits per heavy atom. The van der Waals surface area contributed by atoms with Crippen LogP contribution in [0.4, 0.5) is 34.1 Å². The molecule has 4 fully saturated rings. The second kappa shape index (κ2) is 9.22. The number of para-hydroxylation sites is 2. The average Bonchev–Trinajstić information content (AvgIpc) is 3.08. The van der Waals surface area contributed by atoms with Crippen LogP contribution >= 0.6 is 0 Å². The number of aryl methyl sites for hydroxylation is 1. The van der Waals surface area contributed by atoms with E-state index in [4.69, 9.17) is 0 Å². The molecule has 5 aromatic rings. The van der Waals surface area contributed by atoms with Gasteiger partial charge in [0.15, 0.2) is 0 Å². The summed E-state index contributed by atoms with van der Waals surface area (Å²) in [7, 11) is 0. The summed E-state index contributed by atoms with van der Waals surface area (Å²) < 4.78 is 0. The third kappa shape index (κ3) is 3.24. The molecule has 230 valence electrons. The Bertz CT molecular complexity index is 2120. The van der Waals surface area contributed by atoms with Crippen molar-refractivity contribution < 1.29 is 0 Å². The summed E-state index contributed by atoms with van der Waals surface area (Å²) in [6, 6.07) is 40.4. The summed E-state index contributed by atoms with van der Waals surface area (Å²) in [5.41, 5.74) is 18.7. The Hall–Kier alpha value is -4.24. The van der Waals surface area contributed by atoms with Gasteiger partial charge in [-0.05, 0) is 138 Å². The van der Waals surface area contributed by atoms with Gasteiger partial charge >= 0.3 is 0 Å². The molecule has 0 atom stereocenters. The minimum atomic E-state index is 0.119. The Balaban J connectivity index is 1.23. The van der Waals surface area contributed by atoms with Gasteiger partial charge in [-0.15, -0.1) is 0 Å². The molecular formula is C44H41BN2. The monoisotopic (exact) mass is 608 g/mol. The van der Waals surface area contributed by atoms with E-state index in [1.165, 1.54) is 93.7 Å². The van der Waals surface area contributed by atoms with Crippen molar-refractivity contribution in [2.45, 2.75) is 64.2 Å². The minimum Gasteiger partial charge on any atom is -0.311 e. The van der Waals surface area contributed by atoms with Crippen molar-refractivity contribution in [3.63, 3.8) is 0 Å². The molecule has 3 heterocycles. The fourth-order valence-electron chi connectivity index (χ4n) is 12.1. The maximum atomic E-state index is 2.71. The summed E-state index contributed by atoms with van der Waals surface area (Å²) in [6.45, 7) is 7.14. The van der Waals surface area contributed by atoms with Crippen LogP contribution in [-0.4, -0.2) is 6.71 Å². The van der Waals surface area contributed by atoms with Gasteiger partial charge < -0.3 is 9.80 Å². The molecule has 3 heteroatoms. The van der Waals surface area contributed by atoms with Gasteiger partial charge in [0.25, 0.3) is 6.71 Å². The van der Waals surface area contributed by atoms with Gasteiger partial charge in [-0.1, -0.05) is 86.1 Å². The Morgan fingerprint density at radius 3 is 2.00 bits per heavy atom. The highest BCUT2D eigenvalue weighted by atomic mass is 15.2. The van der Waals surface area contributed by atoms with Crippen LogP contribution in [0.3, 0.4) is 0 Å². The first-order chi connectivity index (χ1) is 23.0. The van der Waals surface area contributed by atoms with Gasteiger partial charge in [0, 0.05) is 33.9 Å². The molecule has 4 bridgehead atoms. The molecular weight excluding hydrogens is 567 g/mol. The summed E-state index contributed by atoms with van der Waals surface area (Å²) in [6.07, 6.45) is 7.10. The van der Waals surface area contributed by atoms with E-state index in [-0.39, 0.29) is 12.1 Å². The van der Waals surface area contributed by atoms with E-state index in [1.807, 2.05) is 0 Å². The second-order valence-corrected chi connectivity index (χ2v) is 16.0. The van der Waals surface area contributed by atoms with Crippen molar-refractivity contribution in [3.8, 4) is 0 Å². The normalized spacial score (nSPS) is 26.8. The first-order valence-corrected chi connectivity index (χ1v) is 18.2. The van der Waals surface area contributed by atoms with E-state index < -0.39 is 0 Å². The number of hydrogen-bond donors (Lipinski definition) is 0. The van der Waals surface area contributed by atoms with Gasteiger partial charge in [-0.25, -0.2) is 0 Å². The predicted molar refractivity (Wildman–Crippen MR) is 197 cm³/mol. The van der Waals surface area contributed by atoms with Crippen molar-refractivity contribution >= 4 is 57.2 Å². The molecule has 2 nitrogen and oxygen atoms in total. The van der Waals surface area contributed by atoms with Crippen molar-refractivity contribution in [2.75, 3.05) is 9.80 Å². The topological polar surface area (TPSA) is 6.48 Å². The van der Waals surface area contributed by atoms with E-state index in [9.17, 15) is 0 Å². The molecule has 3 aliphatic heterocycles. The van der Waals surface area contributed by atoms with Crippen LogP contribution in [-0.2, 0) is 5.41 Å². The van der Waals surface area contributed by atoms with E-state index in [2.05, 4.69) is 134 Å². The molecule has 5 aromatic carbocycles. The highest BCUT2D eigenvalue weighted by molar-refractivity contribution is 7.00. The lowest BCUT2D eigenvalue weighted by Crippen LogP contribution is -2.64. The van der Waals surface area contributed by atoms with Crippen LogP contribution in [0.15, 0.2) is 103 Å². The maximum Gasteiger partial charge on any atom is 0.252 e. The Labute approximate surface area is 279 Å². The summed E-state index contributed by atoms with van der Waals surface area (Å²) >= 11 is 0. The fourth-order valence-corrected chi connectivity index (χ4v) is 12.1. The second-order valence-electron chi connectivity index (χ2n) is 16.0. The Kier molecular flexibility index (Phi) is 5.26. The molecule has 0 aromatic heterocycles. The molecule has 0 unspecified atom stereocenters. The lowest BCUT2D eigenvalue weighted by molar-refractivity contribution is -0.0419. The fraction of sp³-hybridized carbons (Fsp3) is 0.318. The van der Waals surface area contributed by atoms with Gasteiger partial charge in [-0.3, -0.25) is 0 Å². The molecule has 7 aliphatic rings. The van der Waals surface area contributed by atoms with Gasteiger partial charge in [-0.2, -0.15) is 0 Å². The number of hydrogen-bond acceptors (Lipinski definition) is 2. The van der Waals surface area contributed by atoms with Crippen LogP contribution < -0.4 is 26.2 Å². The van der Waals surface area contributed by atoms with Crippen molar-refractivity contribution in [1.29, 1.82) is 0 Å². The predicted octanol–water partition coefficient (Wildman–Crippen LogP) is 9.26. The number of benzene rings is 5. The summed E-state index contributed by atoms with van der Waals surface area (Å²) in [4.78, 5) is 5.27. The number of rotatable bonds is 2. The molecule has 1 spiro atoms. The summed E-state index contributed by atoms with van der Waals surface area (Å²) in [5, 5.41) is 0. The van der Waals surface area contributed by atoms with E-state index in [0.717, 1.165) is 23.7 Å². The molecule has 0 N–H and O–H groups in total. The molecule has 0 radical (unpaired) electrons. The smallest absolute Gasteiger partial charge is 0.252 e. The van der Waals surface area contributed by atoms with Crippen molar-refractivity contribution in [2.24, 2.45) is 23.7 Å². The Morgan fingerprint density at radius 1 is 0.617 bits per heavy atom. The molecule has 4 saturated carbocycles. The van der Waals surface area contributed by atoms with Gasteiger partial charge in [0.1, 0.15) is 0 Å². The van der Waals surface area contributed by atoms with Crippen LogP contribution in [0.2, 0.25) is 0 Å². The standard InChI is InChI=1S/C44H41BN2/c1-26(2)30-11-7-12-33(25-30)46-38-17-6-10-27(3)41(38)45-36-15-8-14-35-43(36)47(40-19-9-18-39(46)42(40)45)37-16-5-4-13-34(37)44(35)31-21-28-20-29(23-31)24-32(44)22-28/h4-19,25-26,28-29,31-32H,20-24H2,1-3H3. The van der Waals surface area contributed by atoms with Crippen LogP contribution in [0.25, 0.3) is 0 Å². The first kappa shape index (κ1) is 26.8. The number of anilines is 6. The van der Waals surface area contributed by atoms with Crippen molar-refractivity contribution in [3.05, 3.63) is 125 Å². The lowest BCUT2D eigenvalue weighted by atomic mass is 9.32. The molecule has 0 amide bonds. The van der Waals surface area contributed by atoms with E-state index >= 15 is 0 Å². The van der Waals surface area contributed by atoms with Crippen LogP contribution in [0.5, 0.6) is 0 Å². The van der Waals surface area contributed by atoms with Crippen LogP contribution in [0, 0.1) is 30.6 Å². The highest BCUT2D eigenvalue weighted by Crippen LogP contribution is 2.69. The van der Waals surface area contributed by atoms with E-state index in [1.54, 1.807) is 11.1 Å². The molecule has 0 saturated heterocycles. The van der Waals surface area contributed by atoms with Crippen molar-refractivity contribution in [1.82, 2.24) is 0 Å². The lowest BCUT2D eigenvalue weighted by Gasteiger charge is -2.64. The van der Waals surface area contributed by atoms with E-state index in [0.29, 0.717) is 5.92 Å². The zero-order valence-electron chi connectivity index (χ0n) is 27.7. The van der Waals surface area contributed by atoms with Crippen LogP contribution in [0.1, 0.15) is 74.1 Å². The highest BCUT2D eigenvalue weighted by Gasteiger charge is 2.62. The minimum absolute atomic E-state index is 0.119. The molecule has 4 aliphatic carbocycles. The van der Waals surface area contributed by atoms with Gasteiger partial charge in [0.2, 0.25) is 0 Å². The molecule has 12 rings (SSSR count). The SMILES string of the molecule is Cc1cccc2c1B1c3cccc4c3N(c3ccccc3C43C4CC5CC(C4)CC3C5)c3cccc(c31)N2c1cccc(C(C)C)c1. The first-order valence-electron chi connectivity index (χ1n) is 18.2. The van der Waals surface area contributed by atoms with Gasteiger partial charge in [0.05, 0.1) is 5.69 Å². The maximum absolute atomic E-state index is 2.71. The third-order valence-corrected chi connectivity index (χ3v) is 13.5. The zero-order valence-corrected chi connectivity index (χ0v) is 27.7. The quantitative estimate of drug-likeness (QED) is 0.181.